The number of halogens is 1. The van der Waals surface area contributed by atoms with Crippen LogP contribution in [-0.4, -0.2) is 60.5 Å². The summed E-state index contributed by atoms with van der Waals surface area (Å²) in [5.41, 5.74) is 1.88. The molecule has 5 rings (SSSR count). The van der Waals surface area contributed by atoms with E-state index in [9.17, 15) is 14.3 Å². The molecule has 0 aliphatic carbocycles. The summed E-state index contributed by atoms with van der Waals surface area (Å²) in [6.07, 6.45) is -0.348. The summed E-state index contributed by atoms with van der Waals surface area (Å²) in [5.74, 6) is 0.00657. The van der Waals surface area contributed by atoms with Gasteiger partial charge >= 0.3 is 0 Å². The maximum atomic E-state index is 14.2. The van der Waals surface area contributed by atoms with Gasteiger partial charge in [-0.25, -0.2) is 4.39 Å². The number of aliphatic hydroxyl groups is 1. The summed E-state index contributed by atoms with van der Waals surface area (Å²) in [4.78, 5) is 21.3. The van der Waals surface area contributed by atoms with E-state index in [0.29, 0.717) is 30.8 Å². The molecule has 11 heteroatoms. The molecule has 196 valence electrons. The number of likely N-dealkylation sites (tertiary alicyclic amines) is 1. The quantitative estimate of drug-likeness (QED) is 0.463. The third-order valence-electron chi connectivity index (χ3n) is 7.37. The van der Waals surface area contributed by atoms with E-state index in [-0.39, 0.29) is 24.2 Å². The molecule has 1 amide bonds. The van der Waals surface area contributed by atoms with Crippen LogP contribution in [0.4, 0.5) is 4.39 Å². The van der Waals surface area contributed by atoms with Gasteiger partial charge in [-0.2, -0.15) is 0 Å². The van der Waals surface area contributed by atoms with Crippen LogP contribution >= 0.6 is 0 Å². The summed E-state index contributed by atoms with van der Waals surface area (Å²) in [5, 5.41) is 22.2. The number of hydrogen-bond donors (Lipinski definition) is 2. The minimum Gasteiger partial charge on any atom is -0.391 e. The Balaban J connectivity index is 1.35. The summed E-state index contributed by atoms with van der Waals surface area (Å²) < 4.78 is 19.8. The van der Waals surface area contributed by atoms with Crippen molar-refractivity contribution in [2.24, 2.45) is 11.1 Å². The van der Waals surface area contributed by atoms with Gasteiger partial charge < -0.3 is 24.7 Å². The molecule has 38 heavy (non-hydrogen) atoms. The molecule has 3 aromatic rings. The van der Waals surface area contributed by atoms with Crippen molar-refractivity contribution in [3.63, 3.8) is 0 Å². The predicted octanol–water partition coefficient (Wildman–Crippen LogP) is 1.60. The van der Waals surface area contributed by atoms with Crippen LogP contribution in [0, 0.1) is 11.7 Å². The topological polar surface area (TPSA) is 100 Å². The second kappa shape index (κ2) is 10.3. The Kier molecular flexibility index (Phi) is 7.05. The van der Waals surface area contributed by atoms with Gasteiger partial charge in [0.15, 0.2) is 5.84 Å². The monoisotopic (exact) mass is 516 g/mol. The third-order valence-corrected chi connectivity index (χ3v) is 7.37. The van der Waals surface area contributed by atoms with Gasteiger partial charge in [0.1, 0.15) is 24.7 Å². The van der Waals surface area contributed by atoms with Crippen molar-refractivity contribution in [2.45, 2.75) is 51.0 Å². The molecule has 3 heterocycles. The van der Waals surface area contributed by atoms with Crippen LogP contribution in [0.25, 0.3) is 11.1 Å². The van der Waals surface area contributed by atoms with Gasteiger partial charge in [0, 0.05) is 36.6 Å². The fourth-order valence-electron chi connectivity index (χ4n) is 5.23. The average molecular weight is 516 g/mol. The molecule has 0 spiro atoms. The molecule has 0 bridgehead atoms. The second-order valence-corrected chi connectivity index (χ2v) is 10.5. The number of oxime groups is 1. The lowest BCUT2D eigenvalue weighted by Crippen LogP contribution is -2.50. The molecule has 2 aromatic carbocycles. The first-order valence-corrected chi connectivity index (χ1v) is 13.0. The van der Waals surface area contributed by atoms with E-state index in [1.54, 1.807) is 23.1 Å². The first-order chi connectivity index (χ1) is 18.2. The van der Waals surface area contributed by atoms with Crippen molar-refractivity contribution in [1.29, 1.82) is 0 Å². The number of β-amino-alcohol motifs (C(OH)–C–C–N with tert-alkyl or cyclic N) is 1. The molecule has 0 saturated carbocycles. The van der Waals surface area contributed by atoms with E-state index < -0.39 is 23.8 Å². The number of amidine groups is 1. The van der Waals surface area contributed by atoms with Crippen LogP contribution in [0.2, 0.25) is 0 Å². The van der Waals surface area contributed by atoms with E-state index >= 15 is 0 Å². The number of benzene rings is 2. The first kappa shape index (κ1) is 26.0. The van der Waals surface area contributed by atoms with Gasteiger partial charge in [-0.1, -0.05) is 66.6 Å². The molecule has 1 fully saturated rings. The zero-order valence-electron chi connectivity index (χ0n) is 22.0. The van der Waals surface area contributed by atoms with Gasteiger partial charge in [0.2, 0.25) is 11.6 Å². The van der Waals surface area contributed by atoms with Gasteiger partial charge in [0.25, 0.3) is 0 Å². The first-order valence-electron chi connectivity index (χ1n) is 13.0. The zero-order valence-corrected chi connectivity index (χ0v) is 22.0. The van der Waals surface area contributed by atoms with Crippen molar-refractivity contribution in [3.8, 4) is 11.1 Å². The van der Waals surface area contributed by atoms with Crippen molar-refractivity contribution in [2.75, 3.05) is 6.54 Å². The van der Waals surface area contributed by atoms with Crippen molar-refractivity contribution >= 4 is 32.2 Å². The number of aromatic nitrogens is 1. The largest absolute Gasteiger partial charge is 0.391 e. The summed E-state index contributed by atoms with van der Waals surface area (Å²) >= 11 is 0. The lowest BCUT2D eigenvalue weighted by atomic mass is 9.53. The maximum absolute atomic E-state index is 14.2. The van der Waals surface area contributed by atoms with Crippen LogP contribution in [0.5, 0.6) is 0 Å². The van der Waals surface area contributed by atoms with Crippen molar-refractivity contribution in [3.05, 3.63) is 71.7 Å². The molecule has 1 saturated heterocycles. The Hall–Kier alpha value is -3.59. The maximum Gasteiger partial charge on any atom is 0.234 e. The number of aliphatic hydroxyl groups excluding tert-OH is 1. The SMILES string of the molecule is BBc1cc(C(C(=O)N2CC(O)CC2C2=NOC(C)(c3ccc(-c4ccccc4F)cc3)N2)C(C)C)on1. The van der Waals surface area contributed by atoms with E-state index in [4.69, 9.17) is 9.36 Å². The Morgan fingerprint density at radius 3 is 2.66 bits per heavy atom. The minimum atomic E-state index is -0.982. The minimum absolute atomic E-state index is 0.0356. The van der Waals surface area contributed by atoms with Gasteiger partial charge in [-0.05, 0) is 23.6 Å². The fourth-order valence-corrected chi connectivity index (χ4v) is 5.23. The molecule has 8 nitrogen and oxygen atoms in total. The lowest BCUT2D eigenvalue weighted by molar-refractivity contribution is -0.134. The molecule has 4 unspecified atom stereocenters. The highest BCUT2D eigenvalue weighted by atomic mass is 19.1. The normalized spacial score (nSPS) is 23.6. The summed E-state index contributed by atoms with van der Waals surface area (Å²) in [6, 6.07) is 15.4. The average Bonchev–Trinajstić information content (AvgIpc) is 3.63. The molecule has 2 aliphatic heterocycles. The Morgan fingerprint density at radius 2 is 2.00 bits per heavy atom. The molecular weight excluding hydrogens is 485 g/mol. The standard InChI is InChI=1S/C27H31B2FN4O4/c1-15(2)24(22-13-23(29-28)32-37-22)26(36)34-14-18(35)12-21(34)25-31-27(3,38-33-25)17-10-8-16(9-11-17)19-6-4-5-7-20(19)30/h4-11,13,15,18,21,24,29,35H,12,14,28H2,1-3H3,(H,31,33). The third kappa shape index (κ3) is 4.82. The Morgan fingerprint density at radius 1 is 1.26 bits per heavy atom. The summed E-state index contributed by atoms with van der Waals surface area (Å²) in [6.45, 7) is 5.97. The van der Waals surface area contributed by atoms with Crippen molar-refractivity contribution in [1.82, 2.24) is 15.4 Å². The number of nitrogens with zero attached hydrogens (tertiary/aromatic N) is 3. The number of rotatable bonds is 7. The van der Waals surface area contributed by atoms with Crippen LogP contribution in [0.3, 0.4) is 0 Å². The fraction of sp³-hybridized carbons (Fsp3) is 0.370. The molecule has 4 atom stereocenters. The highest BCUT2D eigenvalue weighted by molar-refractivity contribution is 6.97. The number of nitrogens with one attached hydrogen (secondary N) is 1. The van der Waals surface area contributed by atoms with E-state index in [1.807, 2.05) is 58.8 Å². The molecule has 1 aromatic heterocycles. The van der Waals surface area contributed by atoms with Gasteiger partial charge in [-0.15, -0.1) is 0 Å². The smallest absolute Gasteiger partial charge is 0.234 e. The highest BCUT2D eigenvalue weighted by Gasteiger charge is 2.46. The molecule has 0 radical (unpaired) electrons. The van der Waals surface area contributed by atoms with E-state index in [0.717, 1.165) is 16.7 Å². The van der Waals surface area contributed by atoms with Crippen LogP contribution in [0.1, 0.15) is 44.4 Å². The van der Waals surface area contributed by atoms with Crippen LogP contribution in [-0.2, 0) is 15.4 Å². The van der Waals surface area contributed by atoms with Gasteiger partial charge in [-0.3, -0.25) is 4.79 Å². The second-order valence-electron chi connectivity index (χ2n) is 10.5. The number of hydrogen-bond acceptors (Lipinski definition) is 7. The van der Waals surface area contributed by atoms with E-state index in [2.05, 4.69) is 15.6 Å². The molecular formula is C27H31B2FN4O4. The number of carbonyl (C=O) groups excluding carboxylic acids is 1. The van der Waals surface area contributed by atoms with E-state index in [1.165, 1.54) is 6.07 Å². The van der Waals surface area contributed by atoms with Crippen LogP contribution < -0.4 is 10.9 Å². The number of carbonyl (C=O) groups is 1. The summed E-state index contributed by atoms with van der Waals surface area (Å²) in [7, 11) is 2.70. The van der Waals surface area contributed by atoms with Crippen molar-refractivity contribution < 1.29 is 23.7 Å². The Bertz CT molecular complexity index is 1350. The van der Waals surface area contributed by atoms with Crippen LogP contribution in [0.15, 0.2) is 64.3 Å². The predicted molar refractivity (Wildman–Crippen MR) is 146 cm³/mol. The zero-order chi connectivity index (χ0) is 27.0. The molecule has 2 aliphatic rings. The highest BCUT2D eigenvalue weighted by Crippen LogP contribution is 2.34. The van der Waals surface area contributed by atoms with Gasteiger partial charge in [0.05, 0.1) is 19.9 Å². The lowest BCUT2D eigenvalue weighted by Gasteiger charge is -2.30. The molecule has 2 N–H and O–H groups in total. The number of amides is 1. The Labute approximate surface area is 222 Å².